The molecule has 0 fully saturated rings. The Morgan fingerprint density at radius 1 is 0.538 bits per heavy atom. The van der Waals surface area contributed by atoms with Crippen LogP contribution in [0.5, 0.6) is 0 Å². The molecule has 12 heteroatoms. The SMILES string of the molecule is CN.[Br-].[Br-].[Br-].[Br-].[Br-].[Br-].[Br-].[Br-].[Ca+2].[Pb+2].[Ti+4]. The van der Waals surface area contributed by atoms with Crippen LogP contribution in [0.3, 0.4) is 0 Å². The minimum Gasteiger partial charge on any atom is -1.00 e. The molecule has 0 aromatic heterocycles. The predicted octanol–water partition coefficient (Wildman–Crippen LogP) is -25.2. The molecular formula is CH5Br8CaNPbTi. The molecule has 0 aliphatic carbocycles. The fourth-order valence-corrected chi connectivity index (χ4v) is 0. The molecule has 0 aromatic rings. The zero-order chi connectivity index (χ0) is 2.00. The molecule has 0 heterocycles. The van der Waals surface area contributed by atoms with Gasteiger partial charge in [-0.1, -0.05) is 0 Å². The van der Waals surface area contributed by atoms with Crippen LogP contribution in [0.4, 0.5) is 0 Å². The molecule has 80 valence electrons. The van der Waals surface area contributed by atoms with E-state index in [9.17, 15) is 0 Å². The standard InChI is InChI=1S/CH5N.8BrH.Ca.Pb.Ti/c1-2;;;;;;;;;;;/h2H2,1H3;8*1H;;;/q;;;;;;;;;2*+2;+4/p-8. The van der Waals surface area contributed by atoms with Gasteiger partial charge in [-0.3, -0.25) is 0 Å². The van der Waals surface area contributed by atoms with Crippen molar-refractivity contribution in [1.29, 1.82) is 0 Å². The van der Waals surface area contributed by atoms with Crippen LogP contribution in [0.2, 0.25) is 0 Å². The summed E-state index contributed by atoms with van der Waals surface area (Å²) < 4.78 is 0. The van der Waals surface area contributed by atoms with Crippen LogP contribution < -0.4 is 142 Å². The zero-order valence-corrected chi connectivity index (χ0v) is 26.7. The summed E-state index contributed by atoms with van der Waals surface area (Å²) in [5.74, 6) is 0. The van der Waals surface area contributed by atoms with Crippen molar-refractivity contribution < 1.29 is 158 Å². The van der Waals surface area contributed by atoms with E-state index in [1.165, 1.54) is 7.05 Å². The third-order valence-corrected chi connectivity index (χ3v) is 0. The summed E-state index contributed by atoms with van der Waals surface area (Å²) in [6, 6.07) is 0. The third-order valence-electron chi connectivity index (χ3n) is 0. The van der Waals surface area contributed by atoms with Crippen molar-refractivity contribution in [2.45, 2.75) is 0 Å². The maximum absolute atomic E-state index is 4.50. The second-order valence-corrected chi connectivity index (χ2v) is 0. The monoisotopic (exact) mass is 958 g/mol. The summed E-state index contributed by atoms with van der Waals surface area (Å²) in [7, 11) is 1.50. The van der Waals surface area contributed by atoms with Crippen molar-refractivity contribution >= 4 is 65.0 Å². The summed E-state index contributed by atoms with van der Waals surface area (Å²) >= 11 is 0. The van der Waals surface area contributed by atoms with Crippen LogP contribution >= 0.6 is 0 Å². The Morgan fingerprint density at radius 3 is 0.538 bits per heavy atom. The van der Waals surface area contributed by atoms with Crippen molar-refractivity contribution in [3.8, 4) is 0 Å². The Hall–Kier alpha value is 6.70. The van der Waals surface area contributed by atoms with E-state index in [4.69, 9.17) is 0 Å². The van der Waals surface area contributed by atoms with Gasteiger partial charge in [0.25, 0.3) is 0 Å². The molecule has 0 unspecified atom stereocenters. The third kappa shape index (κ3) is 116. The average Bonchev–Trinajstić information content (AvgIpc) is 1.00. The minimum absolute atomic E-state index is 0. The smallest absolute Gasteiger partial charge is 1.00 e. The molecule has 0 aromatic carbocycles. The Kier molecular flexibility index (Phi) is 1170. The molecule has 0 saturated carbocycles. The van der Waals surface area contributed by atoms with Crippen LogP contribution in [0, 0.1) is 0 Å². The summed E-state index contributed by atoms with van der Waals surface area (Å²) in [5, 5.41) is 0. The number of rotatable bonds is 0. The quantitative estimate of drug-likeness (QED) is 0.241. The Balaban J connectivity index is -0.0000000000909. The van der Waals surface area contributed by atoms with Crippen molar-refractivity contribution in [3.63, 3.8) is 0 Å². The van der Waals surface area contributed by atoms with E-state index < -0.39 is 0 Å². The van der Waals surface area contributed by atoms with Gasteiger partial charge in [0.1, 0.15) is 0 Å². The van der Waals surface area contributed by atoms with E-state index in [1.54, 1.807) is 0 Å². The van der Waals surface area contributed by atoms with Crippen LogP contribution in [0.25, 0.3) is 0 Å². The maximum atomic E-state index is 4.50. The zero-order valence-electron chi connectivity index (χ0n) is 6.31. The number of halogens is 8. The average molecular weight is 965 g/mol. The molecule has 0 amide bonds. The van der Waals surface area contributed by atoms with Gasteiger partial charge in [-0.25, -0.2) is 0 Å². The van der Waals surface area contributed by atoms with Crippen molar-refractivity contribution in [3.05, 3.63) is 0 Å². The number of hydrogen-bond donors (Lipinski definition) is 1. The fraction of sp³-hybridized carbons (Fsp3) is 1.00. The van der Waals surface area contributed by atoms with Gasteiger partial charge in [0.05, 0.1) is 0 Å². The summed E-state index contributed by atoms with van der Waals surface area (Å²) in [5.41, 5.74) is 4.50. The Morgan fingerprint density at radius 2 is 0.538 bits per heavy atom. The summed E-state index contributed by atoms with van der Waals surface area (Å²) in [6.45, 7) is 0. The Labute approximate surface area is 230 Å². The van der Waals surface area contributed by atoms with Crippen molar-refractivity contribution in [2.24, 2.45) is 5.73 Å². The molecule has 0 bridgehead atoms. The molecule has 0 atom stereocenters. The van der Waals surface area contributed by atoms with E-state index in [1.807, 2.05) is 0 Å². The van der Waals surface area contributed by atoms with Gasteiger partial charge in [-0.05, 0) is 7.05 Å². The van der Waals surface area contributed by atoms with Crippen LogP contribution in [-0.4, -0.2) is 72.1 Å². The summed E-state index contributed by atoms with van der Waals surface area (Å²) in [4.78, 5) is 0. The number of nitrogens with two attached hydrogens (primary N) is 1. The molecule has 0 rings (SSSR count). The van der Waals surface area contributed by atoms with E-state index >= 15 is 0 Å². The summed E-state index contributed by atoms with van der Waals surface area (Å²) in [6.07, 6.45) is 0. The minimum atomic E-state index is 0. The van der Waals surface area contributed by atoms with Crippen LogP contribution in [-0.2, 0) is 21.7 Å². The fourth-order valence-electron chi connectivity index (χ4n) is 0. The molecule has 2 radical (unpaired) electrons. The van der Waals surface area contributed by atoms with E-state index in [2.05, 4.69) is 5.73 Å². The largest absolute Gasteiger partial charge is 4.00 e. The molecule has 1 nitrogen and oxygen atoms in total. The maximum Gasteiger partial charge on any atom is 4.00 e. The van der Waals surface area contributed by atoms with E-state index in [0.717, 1.165) is 0 Å². The molecular weight excluding hydrogens is 960 g/mol. The molecule has 2 N–H and O–H groups in total. The van der Waals surface area contributed by atoms with E-state index in [-0.39, 0.29) is 223 Å². The van der Waals surface area contributed by atoms with Crippen LogP contribution in [0.1, 0.15) is 0 Å². The van der Waals surface area contributed by atoms with Gasteiger partial charge < -0.3 is 142 Å². The first-order valence-corrected chi connectivity index (χ1v) is 0.577. The first-order valence-electron chi connectivity index (χ1n) is 0.577. The normalized spacial score (nSPS) is 0.462. The first kappa shape index (κ1) is 116. The van der Waals surface area contributed by atoms with Gasteiger partial charge in [0.2, 0.25) is 0 Å². The van der Waals surface area contributed by atoms with Crippen LogP contribution in [0.15, 0.2) is 0 Å². The van der Waals surface area contributed by atoms with Crippen molar-refractivity contribution in [2.75, 3.05) is 7.05 Å². The van der Waals surface area contributed by atoms with Gasteiger partial charge in [-0.15, -0.1) is 0 Å². The second-order valence-electron chi connectivity index (χ2n) is 0. The van der Waals surface area contributed by atoms with Gasteiger partial charge >= 0.3 is 86.8 Å². The predicted molar refractivity (Wildman–Crippen MR) is 21.6 cm³/mol. The molecule has 0 saturated heterocycles. The Bertz CT molecular complexity index is 24.1. The van der Waals surface area contributed by atoms with Gasteiger partial charge in [0.15, 0.2) is 0 Å². The first-order chi connectivity index (χ1) is 1.00. The second kappa shape index (κ2) is 131. The van der Waals surface area contributed by atoms with Crippen molar-refractivity contribution in [1.82, 2.24) is 0 Å². The molecule has 0 aliphatic heterocycles. The van der Waals surface area contributed by atoms with Gasteiger partial charge in [0, 0.05) is 0 Å². The topological polar surface area (TPSA) is 26.0 Å². The van der Waals surface area contributed by atoms with Gasteiger partial charge in [-0.2, -0.15) is 0 Å². The molecule has 13 heavy (non-hydrogen) atoms. The molecule has 0 aliphatic rings. The van der Waals surface area contributed by atoms with E-state index in [0.29, 0.717) is 0 Å². The molecule has 0 spiro atoms. The number of hydrogen-bond acceptors (Lipinski definition) is 1.